The fourth-order valence-corrected chi connectivity index (χ4v) is 11.5. The van der Waals surface area contributed by atoms with Crippen LogP contribution in [0.4, 0.5) is 17.1 Å². The van der Waals surface area contributed by atoms with E-state index in [-0.39, 0.29) is 5.41 Å². The van der Waals surface area contributed by atoms with E-state index in [4.69, 9.17) is 0 Å². The topological polar surface area (TPSA) is 13.1 Å². The van der Waals surface area contributed by atoms with Crippen LogP contribution < -0.4 is 4.90 Å². The summed E-state index contributed by atoms with van der Waals surface area (Å²) in [6, 6.07) is 83.3. The Morgan fingerprint density at radius 2 is 1.00 bits per heavy atom. The van der Waals surface area contributed by atoms with Crippen LogP contribution in [0.25, 0.3) is 72.1 Å². The summed E-state index contributed by atoms with van der Waals surface area (Å²) in [5.74, 6) is 0. The highest BCUT2D eigenvalue weighted by atomic mass is 15.1. The normalized spacial score (nSPS) is 12.9. The minimum absolute atomic E-state index is 0.0245. The first-order chi connectivity index (χ1) is 35.7. The van der Waals surface area contributed by atoms with Gasteiger partial charge in [-0.1, -0.05) is 189 Å². The molecule has 0 aliphatic heterocycles. The van der Waals surface area contributed by atoms with Crippen LogP contribution in [0, 0.1) is 20.8 Å². The summed E-state index contributed by atoms with van der Waals surface area (Å²) in [7, 11) is 0. The molecule has 10 aromatic carbocycles. The summed E-state index contributed by atoms with van der Waals surface area (Å²) in [6.07, 6.45) is 6.89. The van der Waals surface area contributed by atoms with Crippen molar-refractivity contribution in [2.45, 2.75) is 52.9 Å². The van der Waals surface area contributed by atoms with Gasteiger partial charge in [-0.2, -0.15) is 0 Å². The Bertz CT molecular complexity index is 4020. The zero-order valence-electron chi connectivity index (χ0n) is 42.3. The first kappa shape index (κ1) is 45.5. The van der Waals surface area contributed by atoms with Gasteiger partial charge in [-0.25, -0.2) is 0 Å². The molecule has 0 N–H and O–H groups in total. The quantitative estimate of drug-likeness (QED) is 0.168. The van der Waals surface area contributed by atoms with Crippen LogP contribution >= 0.6 is 0 Å². The third-order valence-electron chi connectivity index (χ3n) is 15.1. The molecule has 0 bridgehead atoms. The summed E-state index contributed by atoms with van der Waals surface area (Å²) < 4.78 is 4.85. The molecule has 2 heterocycles. The van der Waals surface area contributed by atoms with Gasteiger partial charge in [0.15, 0.2) is 0 Å². The lowest BCUT2D eigenvalue weighted by Crippen LogP contribution is -2.15. The predicted octanol–water partition coefficient (Wildman–Crippen LogP) is 18.9. The Hall–Kier alpha value is -8.66. The molecule has 0 fully saturated rings. The van der Waals surface area contributed by atoms with E-state index in [0.717, 1.165) is 35.6 Å². The Morgan fingerprint density at radius 3 is 1.79 bits per heavy atom. The van der Waals surface area contributed by atoms with Gasteiger partial charge in [0.2, 0.25) is 0 Å². The number of rotatable bonds is 5. The monoisotopic (exact) mass is 941 g/mol. The molecule has 0 spiro atoms. The smallest absolute Gasteiger partial charge is 0.0561 e. The van der Waals surface area contributed by atoms with Crippen molar-refractivity contribution in [1.29, 1.82) is 0 Å². The highest BCUT2D eigenvalue weighted by Gasteiger charge is 2.35. The standard InChI is InChI=1S/C35H26N2.C28H25N.C7H8/c1-25-16-17-27-23-30(19-18-26(27)22-25)36(28-10-4-2-5-11-28)31-20-21-33-32-14-8-9-15-34(32)37(35(33)24-31)29-12-6-3-7-13-29;1-18-12-14-23-22-9-5-7-11-26(22)29(27(23)16-18)19-13-15-21-20-8-4-6-10-24(20)28(2,3)25(21)17-19;1-7-5-3-2-4-6-7/h2-24H,1H3;4,6-8,10-17H,5,9H2,1-3H3;2-6H,1H3. The van der Waals surface area contributed by atoms with Crippen molar-refractivity contribution in [3.63, 3.8) is 0 Å². The SMILES string of the molecule is Cc1ccc2c3c(n(-c4ccc5c(c4)C(C)(C)c4ccccc4-5)c2c1)C=CCC3.Cc1ccc2cc(N(c3ccccc3)c3ccc4c5ccccc5n(-c5ccccc5)c4c3)ccc2c1.Cc1ccccc1. The van der Waals surface area contributed by atoms with E-state index < -0.39 is 0 Å². The van der Waals surface area contributed by atoms with Gasteiger partial charge in [0.1, 0.15) is 0 Å². The van der Waals surface area contributed by atoms with E-state index in [9.17, 15) is 0 Å². The maximum Gasteiger partial charge on any atom is 0.0561 e. The zero-order valence-corrected chi connectivity index (χ0v) is 42.3. The molecule has 3 heteroatoms. The summed E-state index contributed by atoms with van der Waals surface area (Å²) in [5.41, 5.74) is 22.0. The first-order valence-corrected chi connectivity index (χ1v) is 25.7. The Labute approximate surface area is 429 Å². The van der Waals surface area contributed by atoms with Gasteiger partial charge in [0.05, 0.1) is 16.6 Å². The predicted molar refractivity (Wildman–Crippen MR) is 312 cm³/mol. The molecule has 73 heavy (non-hydrogen) atoms. The van der Waals surface area contributed by atoms with Crippen molar-refractivity contribution in [1.82, 2.24) is 9.13 Å². The molecule has 0 saturated carbocycles. The fraction of sp³-hybridized carbons (Fsp3) is 0.114. The van der Waals surface area contributed by atoms with Crippen molar-refractivity contribution in [2.75, 3.05) is 4.90 Å². The molecule has 0 saturated heterocycles. The van der Waals surface area contributed by atoms with Gasteiger partial charge in [0.25, 0.3) is 0 Å². The van der Waals surface area contributed by atoms with E-state index in [2.05, 4.69) is 273 Å². The molecule has 354 valence electrons. The number of para-hydroxylation sites is 3. The van der Waals surface area contributed by atoms with Gasteiger partial charge in [0, 0.05) is 55.7 Å². The van der Waals surface area contributed by atoms with Crippen LogP contribution in [0.5, 0.6) is 0 Å². The lowest BCUT2D eigenvalue weighted by molar-refractivity contribution is 0.660. The lowest BCUT2D eigenvalue weighted by Gasteiger charge is -2.26. The van der Waals surface area contributed by atoms with Gasteiger partial charge < -0.3 is 14.0 Å². The molecule has 2 aliphatic carbocycles. The van der Waals surface area contributed by atoms with Gasteiger partial charge in [-0.15, -0.1) is 0 Å². The minimum Gasteiger partial charge on any atom is -0.310 e. The van der Waals surface area contributed by atoms with Crippen molar-refractivity contribution in [2.24, 2.45) is 0 Å². The van der Waals surface area contributed by atoms with E-state index in [1.54, 1.807) is 0 Å². The maximum absolute atomic E-state index is 2.48. The number of hydrogen-bond donors (Lipinski definition) is 0. The minimum atomic E-state index is 0.0245. The largest absolute Gasteiger partial charge is 0.310 e. The Balaban J connectivity index is 0.000000134. The van der Waals surface area contributed by atoms with Crippen LogP contribution in [0.2, 0.25) is 0 Å². The first-order valence-electron chi connectivity index (χ1n) is 25.7. The van der Waals surface area contributed by atoms with E-state index in [0.29, 0.717) is 0 Å². The fourth-order valence-electron chi connectivity index (χ4n) is 11.5. The summed E-state index contributed by atoms with van der Waals surface area (Å²) in [5, 5.41) is 6.42. The van der Waals surface area contributed by atoms with Crippen LogP contribution in [0.3, 0.4) is 0 Å². The number of aromatic nitrogens is 2. The lowest BCUT2D eigenvalue weighted by atomic mass is 9.82. The zero-order chi connectivity index (χ0) is 49.6. The van der Waals surface area contributed by atoms with E-state index in [1.807, 2.05) is 18.2 Å². The highest BCUT2D eigenvalue weighted by molar-refractivity contribution is 6.10. The van der Waals surface area contributed by atoms with Gasteiger partial charge in [-0.3, -0.25) is 0 Å². The molecule has 2 aromatic heterocycles. The second-order valence-corrected chi connectivity index (χ2v) is 20.3. The molecular weight excluding hydrogens is 883 g/mol. The Morgan fingerprint density at radius 1 is 0.397 bits per heavy atom. The highest BCUT2D eigenvalue weighted by Crippen LogP contribution is 2.50. The molecule has 12 aromatic rings. The van der Waals surface area contributed by atoms with Crippen LogP contribution in [-0.4, -0.2) is 9.13 Å². The molecule has 14 rings (SSSR count). The summed E-state index contributed by atoms with van der Waals surface area (Å²) in [4.78, 5) is 2.35. The van der Waals surface area contributed by atoms with E-state index >= 15 is 0 Å². The maximum atomic E-state index is 2.48. The number of nitrogens with zero attached hydrogens (tertiary/aromatic N) is 3. The van der Waals surface area contributed by atoms with Crippen LogP contribution in [0.1, 0.15) is 59.3 Å². The molecule has 0 amide bonds. The number of fused-ring (bicyclic) bond motifs is 10. The van der Waals surface area contributed by atoms with Crippen LogP contribution in [0.15, 0.2) is 237 Å². The summed E-state index contributed by atoms with van der Waals surface area (Å²) in [6.45, 7) is 11.1. The number of aryl methyl sites for hydroxylation is 4. The molecule has 0 atom stereocenters. The van der Waals surface area contributed by atoms with Crippen molar-refractivity contribution < 1.29 is 0 Å². The third-order valence-corrected chi connectivity index (χ3v) is 15.1. The van der Waals surface area contributed by atoms with Crippen LogP contribution in [-0.2, 0) is 11.8 Å². The molecular formula is C70H59N3. The van der Waals surface area contributed by atoms with Gasteiger partial charge in [-0.05, 0) is 157 Å². The average molecular weight is 942 g/mol. The van der Waals surface area contributed by atoms with E-state index in [1.165, 1.54) is 99.4 Å². The van der Waals surface area contributed by atoms with Crippen molar-refractivity contribution >= 4 is 66.6 Å². The number of allylic oxidation sites excluding steroid dienone is 1. The van der Waals surface area contributed by atoms with Crippen molar-refractivity contribution in [3.8, 4) is 22.5 Å². The molecule has 2 aliphatic rings. The molecule has 0 radical (unpaired) electrons. The van der Waals surface area contributed by atoms with Crippen molar-refractivity contribution in [3.05, 3.63) is 276 Å². The number of anilines is 3. The third kappa shape index (κ3) is 8.31. The molecule has 0 unspecified atom stereocenters. The number of hydrogen-bond acceptors (Lipinski definition) is 1. The summed E-state index contributed by atoms with van der Waals surface area (Å²) >= 11 is 0. The number of benzene rings is 10. The Kier molecular flexibility index (Phi) is 11.7. The second-order valence-electron chi connectivity index (χ2n) is 20.3. The second kappa shape index (κ2) is 18.8. The average Bonchev–Trinajstić information content (AvgIpc) is 4.01. The molecule has 3 nitrogen and oxygen atoms in total. The van der Waals surface area contributed by atoms with Gasteiger partial charge >= 0.3 is 0 Å².